The highest BCUT2D eigenvalue weighted by atomic mass is 35.5. The van der Waals surface area contributed by atoms with E-state index in [9.17, 15) is 22.4 Å². The fourth-order valence-corrected chi connectivity index (χ4v) is 5.40. The second-order valence-corrected chi connectivity index (χ2v) is 13.1. The molecule has 0 spiro atoms. The molecule has 0 aliphatic rings. The maximum Gasteiger partial charge on any atom is 0.244 e. The van der Waals surface area contributed by atoms with E-state index >= 15 is 0 Å². The van der Waals surface area contributed by atoms with E-state index in [1.165, 1.54) is 41.3 Å². The van der Waals surface area contributed by atoms with Gasteiger partial charge in [-0.15, -0.1) is 0 Å². The molecule has 0 aliphatic heterocycles. The molecule has 0 saturated heterocycles. The van der Waals surface area contributed by atoms with E-state index in [0.29, 0.717) is 0 Å². The second kappa shape index (κ2) is 13.0. The van der Waals surface area contributed by atoms with E-state index in [0.717, 1.165) is 16.1 Å². The molecule has 11 heteroatoms. The molecule has 0 aliphatic carbocycles. The van der Waals surface area contributed by atoms with Crippen molar-refractivity contribution in [2.24, 2.45) is 0 Å². The lowest BCUT2D eigenvalue weighted by Crippen LogP contribution is -2.56. The number of carbonyl (C=O) groups excluding carboxylic acids is 2. The summed E-state index contributed by atoms with van der Waals surface area (Å²) in [6.45, 7) is 4.45. The number of sulfonamides is 1. The van der Waals surface area contributed by atoms with Gasteiger partial charge in [0.05, 0.1) is 22.0 Å². The Bertz CT molecular complexity index is 1460. The van der Waals surface area contributed by atoms with Crippen molar-refractivity contribution in [2.45, 2.75) is 45.3 Å². The number of benzene rings is 3. The SMILES string of the molecule is CC(C)(C)NC(=O)[C@H](Cc1ccccc1)N(Cc1ccccc1F)C(=O)CN(c1cccc(Cl)c1Cl)S(C)(=O)=O. The van der Waals surface area contributed by atoms with E-state index in [2.05, 4.69) is 5.32 Å². The van der Waals surface area contributed by atoms with Gasteiger partial charge >= 0.3 is 0 Å². The summed E-state index contributed by atoms with van der Waals surface area (Å²) in [5, 5.41) is 2.97. The fourth-order valence-electron chi connectivity index (χ4n) is 4.10. The van der Waals surface area contributed by atoms with Gasteiger partial charge in [0.2, 0.25) is 21.8 Å². The number of nitrogens with zero attached hydrogens (tertiary/aromatic N) is 2. The van der Waals surface area contributed by atoms with E-state index in [1.807, 2.05) is 30.3 Å². The number of hydrogen-bond acceptors (Lipinski definition) is 4. The van der Waals surface area contributed by atoms with Crippen molar-refractivity contribution in [3.05, 3.63) is 99.8 Å². The number of amides is 2. The first kappa shape index (κ1) is 31.4. The van der Waals surface area contributed by atoms with Crippen LogP contribution in [0.15, 0.2) is 72.8 Å². The quantitative estimate of drug-likeness (QED) is 0.332. The average molecular weight is 609 g/mol. The number of carbonyl (C=O) groups is 2. The molecule has 1 atom stereocenters. The third-order valence-corrected chi connectivity index (χ3v) is 7.88. The van der Waals surface area contributed by atoms with Gasteiger partial charge < -0.3 is 10.2 Å². The summed E-state index contributed by atoms with van der Waals surface area (Å²) in [7, 11) is -4.03. The smallest absolute Gasteiger partial charge is 0.244 e. The van der Waals surface area contributed by atoms with Gasteiger partial charge in [0.25, 0.3) is 0 Å². The molecule has 0 unspecified atom stereocenters. The number of rotatable bonds is 10. The van der Waals surface area contributed by atoms with Crippen molar-refractivity contribution in [2.75, 3.05) is 17.1 Å². The van der Waals surface area contributed by atoms with E-state index in [-0.39, 0.29) is 34.3 Å². The average Bonchev–Trinajstić information content (AvgIpc) is 2.86. The molecule has 0 heterocycles. The Morgan fingerprint density at radius 1 is 0.950 bits per heavy atom. The topological polar surface area (TPSA) is 86.8 Å². The van der Waals surface area contributed by atoms with Gasteiger partial charge in [-0.1, -0.05) is 77.8 Å². The van der Waals surface area contributed by atoms with Gasteiger partial charge in [-0.2, -0.15) is 0 Å². The predicted octanol–water partition coefficient (Wildman–Crippen LogP) is 5.45. The lowest BCUT2D eigenvalue weighted by molar-refractivity contribution is -0.140. The normalized spacial score (nSPS) is 12.5. The molecule has 3 aromatic carbocycles. The van der Waals surface area contributed by atoms with Crippen LogP contribution in [0.4, 0.5) is 10.1 Å². The molecule has 2 amide bonds. The maximum atomic E-state index is 14.8. The molecule has 0 saturated carbocycles. The molecule has 7 nitrogen and oxygen atoms in total. The Balaban J connectivity index is 2.11. The summed E-state index contributed by atoms with van der Waals surface area (Å²) in [6, 6.07) is 18.3. The third-order valence-electron chi connectivity index (χ3n) is 5.95. The van der Waals surface area contributed by atoms with Crippen molar-refractivity contribution in [3.63, 3.8) is 0 Å². The molecule has 40 heavy (non-hydrogen) atoms. The van der Waals surface area contributed by atoms with Crippen molar-refractivity contribution in [1.82, 2.24) is 10.2 Å². The van der Waals surface area contributed by atoms with Crippen LogP contribution in [-0.4, -0.2) is 49.5 Å². The van der Waals surface area contributed by atoms with Crippen LogP contribution in [0.1, 0.15) is 31.9 Å². The van der Waals surface area contributed by atoms with Crippen LogP contribution in [0.2, 0.25) is 10.0 Å². The highest BCUT2D eigenvalue weighted by Gasteiger charge is 2.35. The third kappa shape index (κ3) is 8.43. The number of anilines is 1. The summed E-state index contributed by atoms with van der Waals surface area (Å²) < 4.78 is 41.4. The summed E-state index contributed by atoms with van der Waals surface area (Å²) in [6.07, 6.45) is 1.05. The number of nitrogens with one attached hydrogen (secondary N) is 1. The molecule has 214 valence electrons. The minimum atomic E-state index is -4.03. The molecule has 1 N–H and O–H groups in total. The van der Waals surface area contributed by atoms with Gasteiger partial charge in [-0.25, -0.2) is 12.8 Å². The molecule has 0 bridgehead atoms. The van der Waals surface area contributed by atoms with Crippen LogP contribution in [0, 0.1) is 5.82 Å². The summed E-state index contributed by atoms with van der Waals surface area (Å²) in [4.78, 5) is 28.9. The minimum absolute atomic E-state index is 0.00890. The minimum Gasteiger partial charge on any atom is -0.350 e. The van der Waals surface area contributed by atoms with Crippen molar-refractivity contribution >= 4 is 50.7 Å². The van der Waals surface area contributed by atoms with Crippen molar-refractivity contribution in [3.8, 4) is 0 Å². The zero-order valence-corrected chi connectivity index (χ0v) is 25.0. The molecule has 0 radical (unpaired) electrons. The van der Waals surface area contributed by atoms with Crippen LogP contribution in [0.25, 0.3) is 0 Å². The van der Waals surface area contributed by atoms with Crippen molar-refractivity contribution in [1.29, 1.82) is 0 Å². The van der Waals surface area contributed by atoms with Crippen LogP contribution < -0.4 is 9.62 Å². The lowest BCUT2D eigenvalue weighted by Gasteiger charge is -2.35. The summed E-state index contributed by atoms with van der Waals surface area (Å²) in [5.41, 5.74) is 0.311. The maximum absolute atomic E-state index is 14.8. The standard InChI is InChI=1S/C29H32Cl2FN3O4S/c1-29(2,3)33-28(37)25(17-20-11-6-5-7-12-20)34(18-21-13-8-9-15-23(21)32)26(36)19-35(40(4,38)39)24-16-10-14-22(30)27(24)31/h5-16,25H,17-19H2,1-4H3,(H,33,37)/t25-/m0/s1. The largest absolute Gasteiger partial charge is 0.350 e. The fraction of sp³-hybridized carbons (Fsp3) is 0.310. The Kier molecular flexibility index (Phi) is 10.2. The second-order valence-electron chi connectivity index (χ2n) is 10.4. The van der Waals surface area contributed by atoms with Crippen LogP contribution in [-0.2, 0) is 32.6 Å². The first-order valence-electron chi connectivity index (χ1n) is 12.5. The summed E-state index contributed by atoms with van der Waals surface area (Å²) in [5.74, 6) is -1.75. The Labute approximate surface area is 244 Å². The van der Waals surface area contributed by atoms with Gasteiger partial charge in [0.1, 0.15) is 18.4 Å². The Hall–Kier alpha value is -3.14. The molecule has 0 fully saturated rings. The van der Waals surface area contributed by atoms with E-state index < -0.39 is 45.8 Å². The van der Waals surface area contributed by atoms with E-state index in [1.54, 1.807) is 26.8 Å². The first-order valence-corrected chi connectivity index (χ1v) is 15.1. The zero-order chi connectivity index (χ0) is 29.7. The zero-order valence-electron chi connectivity index (χ0n) is 22.7. The number of halogens is 3. The van der Waals surface area contributed by atoms with Crippen LogP contribution >= 0.6 is 23.2 Å². The number of hydrogen-bond donors (Lipinski definition) is 1. The molecule has 3 aromatic rings. The Morgan fingerprint density at radius 2 is 1.57 bits per heavy atom. The lowest BCUT2D eigenvalue weighted by atomic mass is 10.0. The molecule has 3 rings (SSSR count). The molecular formula is C29H32Cl2FN3O4S. The van der Waals surface area contributed by atoms with Gasteiger partial charge in [0.15, 0.2) is 0 Å². The van der Waals surface area contributed by atoms with Gasteiger partial charge in [-0.05, 0) is 44.5 Å². The highest BCUT2D eigenvalue weighted by Crippen LogP contribution is 2.34. The van der Waals surface area contributed by atoms with Crippen LogP contribution in [0.5, 0.6) is 0 Å². The van der Waals surface area contributed by atoms with Gasteiger partial charge in [0, 0.05) is 24.1 Å². The first-order chi connectivity index (χ1) is 18.7. The highest BCUT2D eigenvalue weighted by molar-refractivity contribution is 7.92. The van der Waals surface area contributed by atoms with Crippen molar-refractivity contribution < 1.29 is 22.4 Å². The summed E-state index contributed by atoms with van der Waals surface area (Å²) >= 11 is 12.5. The molecule has 0 aromatic heterocycles. The molecular weight excluding hydrogens is 576 g/mol. The van der Waals surface area contributed by atoms with Gasteiger partial charge in [-0.3, -0.25) is 13.9 Å². The monoisotopic (exact) mass is 607 g/mol. The Morgan fingerprint density at radius 3 is 2.17 bits per heavy atom. The predicted molar refractivity (Wildman–Crippen MR) is 157 cm³/mol. The van der Waals surface area contributed by atoms with Crippen LogP contribution in [0.3, 0.4) is 0 Å². The van der Waals surface area contributed by atoms with E-state index in [4.69, 9.17) is 23.2 Å².